The fraction of sp³-hybridized carbons (Fsp3) is 0.211. The highest BCUT2D eigenvalue weighted by Gasteiger charge is 2.17. The van der Waals surface area contributed by atoms with Gasteiger partial charge >= 0.3 is 0 Å². The number of anilines is 1. The Bertz CT molecular complexity index is 1180. The third kappa shape index (κ3) is 2.68. The number of thiophene rings is 1. The molecule has 0 unspecified atom stereocenters. The van der Waals surface area contributed by atoms with Crippen LogP contribution in [0.4, 0.5) is 5.69 Å². The van der Waals surface area contributed by atoms with Crippen LogP contribution in [0.5, 0.6) is 0 Å². The van der Waals surface area contributed by atoms with Crippen LogP contribution in [-0.4, -0.2) is 34.9 Å². The van der Waals surface area contributed by atoms with Crippen molar-refractivity contribution in [1.29, 1.82) is 0 Å². The predicted molar refractivity (Wildman–Crippen MR) is 111 cm³/mol. The molecule has 0 bridgehead atoms. The second kappa shape index (κ2) is 6.41. The maximum Gasteiger partial charge on any atom is 0.275 e. The van der Waals surface area contributed by atoms with Crippen LogP contribution in [0.25, 0.3) is 26.1 Å². The molecule has 0 atom stereocenters. The minimum atomic E-state index is -0.0581. The minimum absolute atomic E-state index is 0.0581. The van der Waals surface area contributed by atoms with Crippen molar-refractivity contribution in [3.05, 3.63) is 52.7 Å². The summed E-state index contributed by atoms with van der Waals surface area (Å²) in [7, 11) is 3.98. The largest absolute Gasteiger partial charge is 0.377 e. The summed E-state index contributed by atoms with van der Waals surface area (Å²) in [6.45, 7) is 1.97. The van der Waals surface area contributed by atoms with E-state index < -0.39 is 0 Å². The van der Waals surface area contributed by atoms with Gasteiger partial charge in [-0.15, -0.1) is 23.1 Å². The molecular weight excluding hydrogens is 364 g/mol. The molecule has 0 radical (unpaired) electrons. The van der Waals surface area contributed by atoms with E-state index in [2.05, 4.69) is 9.97 Å². The number of aromatic nitrogens is 3. The third-order valence-corrected chi connectivity index (χ3v) is 6.10. The Kier molecular flexibility index (Phi) is 4.20. The van der Waals surface area contributed by atoms with E-state index in [4.69, 9.17) is 0 Å². The van der Waals surface area contributed by atoms with Crippen molar-refractivity contribution in [2.75, 3.05) is 25.3 Å². The number of hydrogen-bond donors (Lipinski definition) is 0. The highest BCUT2D eigenvalue weighted by molar-refractivity contribution is 7.98. The zero-order valence-corrected chi connectivity index (χ0v) is 16.6. The van der Waals surface area contributed by atoms with E-state index in [0.29, 0.717) is 4.70 Å². The van der Waals surface area contributed by atoms with Gasteiger partial charge in [0.15, 0.2) is 0 Å². The summed E-state index contributed by atoms with van der Waals surface area (Å²) in [6, 6.07) is 9.94. The van der Waals surface area contributed by atoms with E-state index in [9.17, 15) is 4.79 Å². The average Bonchev–Trinajstić information content (AvgIpc) is 3.00. The van der Waals surface area contributed by atoms with Gasteiger partial charge in [-0.2, -0.15) is 0 Å². The predicted octanol–water partition coefficient (Wildman–Crippen LogP) is 4.09. The summed E-state index contributed by atoms with van der Waals surface area (Å²) >= 11 is 3.09. The molecule has 7 heteroatoms. The highest BCUT2D eigenvalue weighted by atomic mass is 32.2. The first-order chi connectivity index (χ1) is 12.5. The molecule has 0 saturated carbocycles. The summed E-state index contributed by atoms with van der Waals surface area (Å²) in [6.07, 6.45) is 3.65. The lowest BCUT2D eigenvalue weighted by Gasteiger charge is -2.14. The Balaban J connectivity index is 2.00. The lowest BCUT2D eigenvalue weighted by atomic mass is 10.2. The summed E-state index contributed by atoms with van der Waals surface area (Å²) in [4.78, 5) is 26.4. The first kappa shape index (κ1) is 17.1. The number of rotatable bonds is 3. The molecule has 0 spiro atoms. The van der Waals surface area contributed by atoms with E-state index in [0.717, 1.165) is 37.7 Å². The number of nitrogens with zero attached hydrogens (tertiary/aromatic N) is 4. The number of pyridine rings is 1. The van der Waals surface area contributed by atoms with Crippen LogP contribution >= 0.6 is 23.1 Å². The molecule has 4 aromatic rings. The van der Waals surface area contributed by atoms with Gasteiger partial charge in [0.1, 0.15) is 21.4 Å². The molecule has 0 aliphatic heterocycles. The highest BCUT2D eigenvalue weighted by Crippen LogP contribution is 2.36. The molecule has 5 nitrogen and oxygen atoms in total. The van der Waals surface area contributed by atoms with Gasteiger partial charge in [0.2, 0.25) is 0 Å². The van der Waals surface area contributed by atoms with Crippen LogP contribution in [0.15, 0.2) is 46.3 Å². The average molecular weight is 383 g/mol. The van der Waals surface area contributed by atoms with Crippen molar-refractivity contribution >= 4 is 49.2 Å². The van der Waals surface area contributed by atoms with Crippen LogP contribution in [0.2, 0.25) is 0 Å². The van der Waals surface area contributed by atoms with Crippen molar-refractivity contribution < 1.29 is 0 Å². The molecule has 3 heterocycles. The Labute approximate surface area is 159 Å². The van der Waals surface area contributed by atoms with Gasteiger partial charge in [0.25, 0.3) is 5.56 Å². The number of benzene rings is 1. The molecule has 0 aliphatic rings. The van der Waals surface area contributed by atoms with Crippen LogP contribution in [0.1, 0.15) is 5.69 Å². The van der Waals surface area contributed by atoms with E-state index in [1.54, 1.807) is 22.7 Å². The van der Waals surface area contributed by atoms with Gasteiger partial charge in [-0.25, -0.2) is 9.97 Å². The van der Waals surface area contributed by atoms with Crippen molar-refractivity contribution in [3.8, 4) is 5.69 Å². The SMILES string of the molecule is CSc1ccc(-n2cnc3c(sc4nc(C)cc(N(C)C)c43)c2=O)cc1. The second-order valence-electron chi connectivity index (χ2n) is 6.25. The van der Waals surface area contributed by atoms with E-state index in [-0.39, 0.29) is 5.56 Å². The quantitative estimate of drug-likeness (QED) is 0.500. The molecular formula is C19H18N4OS2. The molecule has 4 rings (SSSR count). The summed E-state index contributed by atoms with van der Waals surface area (Å²) in [5.41, 5.74) is 3.45. The van der Waals surface area contributed by atoms with Gasteiger partial charge in [0, 0.05) is 24.7 Å². The van der Waals surface area contributed by atoms with E-state index in [1.807, 2.05) is 62.5 Å². The first-order valence-electron chi connectivity index (χ1n) is 8.13. The summed E-state index contributed by atoms with van der Waals surface area (Å²) < 4.78 is 2.24. The molecule has 26 heavy (non-hydrogen) atoms. The minimum Gasteiger partial charge on any atom is -0.377 e. The first-order valence-corrected chi connectivity index (χ1v) is 10.2. The zero-order valence-electron chi connectivity index (χ0n) is 15.0. The molecule has 0 N–H and O–H groups in total. The third-order valence-electron chi connectivity index (χ3n) is 4.29. The fourth-order valence-corrected chi connectivity index (χ4v) is 4.54. The van der Waals surface area contributed by atoms with Crippen molar-refractivity contribution in [1.82, 2.24) is 14.5 Å². The maximum absolute atomic E-state index is 13.1. The normalized spacial score (nSPS) is 11.4. The zero-order chi connectivity index (χ0) is 18.4. The summed E-state index contributed by atoms with van der Waals surface area (Å²) in [5.74, 6) is 0. The fourth-order valence-electron chi connectivity index (χ4n) is 3.01. The number of aryl methyl sites for hydroxylation is 1. The van der Waals surface area contributed by atoms with Gasteiger partial charge in [-0.3, -0.25) is 9.36 Å². The topological polar surface area (TPSA) is 51.0 Å². The number of thioether (sulfide) groups is 1. The maximum atomic E-state index is 13.1. The second-order valence-corrected chi connectivity index (χ2v) is 8.13. The van der Waals surface area contributed by atoms with Crippen LogP contribution < -0.4 is 10.5 Å². The molecule has 1 aromatic carbocycles. The Hall–Kier alpha value is -2.38. The van der Waals surface area contributed by atoms with E-state index >= 15 is 0 Å². The molecule has 0 amide bonds. The van der Waals surface area contributed by atoms with Crippen LogP contribution in [0, 0.1) is 6.92 Å². The molecule has 132 valence electrons. The van der Waals surface area contributed by atoms with Gasteiger partial charge in [0.05, 0.1) is 16.8 Å². The van der Waals surface area contributed by atoms with Gasteiger partial charge in [-0.05, 0) is 43.5 Å². The monoisotopic (exact) mass is 382 g/mol. The summed E-state index contributed by atoms with van der Waals surface area (Å²) in [5, 5.41) is 0.947. The Morgan fingerprint density at radius 2 is 1.92 bits per heavy atom. The molecule has 0 fully saturated rings. The smallest absolute Gasteiger partial charge is 0.275 e. The van der Waals surface area contributed by atoms with Gasteiger partial charge in [-0.1, -0.05) is 0 Å². The lowest BCUT2D eigenvalue weighted by molar-refractivity contribution is 0.965. The lowest BCUT2D eigenvalue weighted by Crippen LogP contribution is -2.17. The van der Waals surface area contributed by atoms with Crippen LogP contribution in [0.3, 0.4) is 0 Å². The number of hydrogen-bond acceptors (Lipinski definition) is 6. The molecule has 0 saturated heterocycles. The Morgan fingerprint density at radius 1 is 1.19 bits per heavy atom. The molecule has 3 aromatic heterocycles. The van der Waals surface area contributed by atoms with Crippen molar-refractivity contribution in [2.45, 2.75) is 11.8 Å². The van der Waals surface area contributed by atoms with Crippen molar-refractivity contribution in [2.24, 2.45) is 0 Å². The van der Waals surface area contributed by atoms with E-state index in [1.165, 1.54) is 11.3 Å². The number of fused-ring (bicyclic) bond motifs is 3. The van der Waals surface area contributed by atoms with Gasteiger partial charge < -0.3 is 4.90 Å². The molecule has 0 aliphatic carbocycles. The van der Waals surface area contributed by atoms with Crippen LogP contribution in [-0.2, 0) is 0 Å². The Morgan fingerprint density at radius 3 is 2.58 bits per heavy atom. The standard InChI is InChI=1S/C19H18N4OS2/c1-11-9-14(22(2)3)15-16-17(26-18(15)21-11)19(24)23(10-20-16)12-5-7-13(25-4)8-6-12/h5-10H,1-4H3. The van der Waals surface area contributed by atoms with Crippen molar-refractivity contribution in [3.63, 3.8) is 0 Å².